The molecule has 2 aromatic rings. The number of carbonyl (C=O) groups is 1. The van der Waals surface area contributed by atoms with E-state index in [0.29, 0.717) is 18.8 Å². The van der Waals surface area contributed by atoms with E-state index < -0.39 is 11.8 Å². The molecule has 7 heteroatoms. The van der Waals surface area contributed by atoms with Gasteiger partial charge in [-0.15, -0.1) is 0 Å². The van der Waals surface area contributed by atoms with E-state index in [9.17, 15) is 9.18 Å². The summed E-state index contributed by atoms with van der Waals surface area (Å²) in [5.41, 5.74) is 6.08. The highest BCUT2D eigenvalue weighted by atomic mass is 19.1. The molecule has 0 fully saturated rings. The number of esters is 1. The predicted octanol–water partition coefficient (Wildman–Crippen LogP) is 1.50. The van der Waals surface area contributed by atoms with Gasteiger partial charge in [0, 0.05) is 18.9 Å². The first kappa shape index (κ1) is 13.9. The number of carbonyl (C=O) groups excluding carboxylic acids is 1. The molecule has 1 aromatic carbocycles. The zero-order chi connectivity index (χ0) is 14.5. The molecule has 0 bridgehead atoms. The van der Waals surface area contributed by atoms with E-state index in [0.717, 1.165) is 6.07 Å². The van der Waals surface area contributed by atoms with Crippen LogP contribution in [-0.2, 0) is 11.3 Å². The smallest absolute Gasteiger partial charge is 0.338 e. The number of hydrogen-bond acceptors (Lipinski definition) is 5. The van der Waals surface area contributed by atoms with Gasteiger partial charge >= 0.3 is 5.97 Å². The molecule has 106 valence electrons. The van der Waals surface area contributed by atoms with Gasteiger partial charge in [0.05, 0.1) is 30.6 Å². The van der Waals surface area contributed by atoms with Gasteiger partial charge in [0.1, 0.15) is 5.82 Å². The Morgan fingerprint density at radius 2 is 2.35 bits per heavy atom. The second-order valence-electron chi connectivity index (χ2n) is 4.11. The zero-order valence-electron chi connectivity index (χ0n) is 11.0. The van der Waals surface area contributed by atoms with Crippen LogP contribution in [0.15, 0.2) is 30.6 Å². The largest absolute Gasteiger partial charge is 0.465 e. The molecule has 0 unspecified atom stereocenters. The molecule has 20 heavy (non-hydrogen) atoms. The minimum Gasteiger partial charge on any atom is -0.465 e. The maximum absolute atomic E-state index is 13.6. The number of rotatable bonds is 5. The topological polar surface area (TPSA) is 82.2 Å². The fourth-order valence-corrected chi connectivity index (χ4v) is 1.74. The van der Waals surface area contributed by atoms with Gasteiger partial charge < -0.3 is 15.8 Å². The second kappa shape index (κ2) is 6.05. The van der Waals surface area contributed by atoms with Crippen LogP contribution < -0.4 is 11.1 Å². The Kier molecular flexibility index (Phi) is 4.19. The minimum absolute atomic E-state index is 0.0295. The Balaban J connectivity index is 2.09. The standard InChI is InChI=1S/C13H15FN4O2/c1-20-13(19)9-7-10(14)12(15)11(8-9)16-4-6-18-5-2-3-17-18/h2-3,5,7-8,16H,4,6,15H2,1H3. The number of benzene rings is 1. The zero-order valence-corrected chi connectivity index (χ0v) is 11.0. The van der Waals surface area contributed by atoms with Gasteiger partial charge in [-0.25, -0.2) is 9.18 Å². The van der Waals surface area contributed by atoms with Crippen molar-refractivity contribution in [3.05, 3.63) is 42.0 Å². The molecule has 0 atom stereocenters. The summed E-state index contributed by atoms with van der Waals surface area (Å²) in [7, 11) is 1.24. The van der Waals surface area contributed by atoms with Crippen molar-refractivity contribution in [1.82, 2.24) is 9.78 Å². The highest BCUT2D eigenvalue weighted by molar-refractivity contribution is 5.92. The highest BCUT2D eigenvalue weighted by Gasteiger charge is 2.13. The lowest BCUT2D eigenvalue weighted by atomic mass is 10.1. The van der Waals surface area contributed by atoms with Crippen LogP contribution in [0.1, 0.15) is 10.4 Å². The molecule has 0 aliphatic carbocycles. The number of hydrogen-bond donors (Lipinski definition) is 2. The first-order valence-electron chi connectivity index (χ1n) is 6.00. The van der Waals surface area contributed by atoms with Crippen LogP contribution in [0.25, 0.3) is 0 Å². The van der Waals surface area contributed by atoms with Crippen molar-refractivity contribution in [1.29, 1.82) is 0 Å². The van der Waals surface area contributed by atoms with Crippen molar-refractivity contribution < 1.29 is 13.9 Å². The SMILES string of the molecule is COC(=O)c1cc(F)c(N)c(NCCn2cccn2)c1. The molecular weight excluding hydrogens is 263 g/mol. The third kappa shape index (κ3) is 3.05. The van der Waals surface area contributed by atoms with Gasteiger partial charge in [0.15, 0.2) is 0 Å². The van der Waals surface area contributed by atoms with Gasteiger partial charge in [-0.3, -0.25) is 4.68 Å². The summed E-state index contributed by atoms with van der Waals surface area (Å²) in [4.78, 5) is 11.4. The average molecular weight is 278 g/mol. The Labute approximate surface area is 115 Å². The van der Waals surface area contributed by atoms with E-state index in [2.05, 4.69) is 15.2 Å². The molecule has 3 N–H and O–H groups in total. The molecule has 0 aliphatic rings. The Bertz CT molecular complexity index is 599. The maximum Gasteiger partial charge on any atom is 0.338 e. The van der Waals surface area contributed by atoms with Gasteiger partial charge in [-0.2, -0.15) is 5.10 Å². The lowest BCUT2D eigenvalue weighted by Crippen LogP contribution is -2.13. The number of aromatic nitrogens is 2. The van der Waals surface area contributed by atoms with Crippen molar-refractivity contribution in [2.45, 2.75) is 6.54 Å². The Hall–Kier alpha value is -2.57. The van der Waals surface area contributed by atoms with Crippen LogP contribution >= 0.6 is 0 Å². The van der Waals surface area contributed by atoms with Crippen LogP contribution in [0.4, 0.5) is 15.8 Å². The predicted molar refractivity (Wildman–Crippen MR) is 72.9 cm³/mol. The molecule has 2 rings (SSSR count). The number of nitrogens with zero attached hydrogens (tertiary/aromatic N) is 2. The molecule has 0 saturated carbocycles. The van der Waals surface area contributed by atoms with Crippen LogP contribution in [0.5, 0.6) is 0 Å². The summed E-state index contributed by atoms with van der Waals surface area (Å²) in [6.07, 6.45) is 3.49. The van der Waals surface area contributed by atoms with Gasteiger partial charge in [-0.05, 0) is 18.2 Å². The first-order valence-corrected chi connectivity index (χ1v) is 6.00. The van der Waals surface area contributed by atoms with Gasteiger partial charge in [0.2, 0.25) is 0 Å². The lowest BCUT2D eigenvalue weighted by molar-refractivity contribution is 0.0600. The van der Waals surface area contributed by atoms with Crippen molar-refractivity contribution >= 4 is 17.3 Å². The van der Waals surface area contributed by atoms with Crippen LogP contribution in [-0.4, -0.2) is 29.4 Å². The van der Waals surface area contributed by atoms with Crippen LogP contribution in [0.3, 0.4) is 0 Å². The van der Waals surface area contributed by atoms with Crippen molar-refractivity contribution in [3.8, 4) is 0 Å². The van der Waals surface area contributed by atoms with E-state index in [1.165, 1.54) is 13.2 Å². The van der Waals surface area contributed by atoms with E-state index >= 15 is 0 Å². The van der Waals surface area contributed by atoms with Gasteiger partial charge in [0.25, 0.3) is 0 Å². The molecule has 1 heterocycles. The Morgan fingerprint density at radius 1 is 1.55 bits per heavy atom. The number of halogens is 1. The van der Waals surface area contributed by atoms with Crippen molar-refractivity contribution in [2.75, 3.05) is 24.7 Å². The number of ether oxygens (including phenoxy) is 1. The molecule has 6 nitrogen and oxygen atoms in total. The molecule has 0 aliphatic heterocycles. The highest BCUT2D eigenvalue weighted by Crippen LogP contribution is 2.24. The fourth-order valence-electron chi connectivity index (χ4n) is 1.74. The van der Waals surface area contributed by atoms with Crippen LogP contribution in [0, 0.1) is 5.82 Å². The molecule has 0 amide bonds. The summed E-state index contributed by atoms with van der Waals surface area (Å²) in [5, 5.41) is 7.02. The minimum atomic E-state index is -0.658. The molecule has 1 aromatic heterocycles. The number of nitrogen functional groups attached to an aromatic ring is 1. The fraction of sp³-hybridized carbons (Fsp3) is 0.231. The quantitative estimate of drug-likeness (QED) is 0.640. The summed E-state index contributed by atoms with van der Waals surface area (Å²) in [6, 6.07) is 4.33. The number of nitrogens with two attached hydrogens (primary N) is 1. The van der Waals surface area contributed by atoms with Gasteiger partial charge in [-0.1, -0.05) is 0 Å². The summed E-state index contributed by atoms with van der Waals surface area (Å²) < 4.78 is 19.9. The van der Waals surface area contributed by atoms with Crippen LogP contribution in [0.2, 0.25) is 0 Å². The van der Waals surface area contributed by atoms with Crippen molar-refractivity contribution in [2.24, 2.45) is 0 Å². The lowest BCUT2D eigenvalue weighted by Gasteiger charge is -2.11. The first-order chi connectivity index (χ1) is 9.61. The Morgan fingerprint density at radius 3 is 3.00 bits per heavy atom. The second-order valence-corrected chi connectivity index (χ2v) is 4.11. The molecule has 0 saturated heterocycles. The molecular formula is C13H15FN4O2. The molecule has 0 spiro atoms. The normalized spacial score (nSPS) is 10.3. The van der Waals surface area contributed by atoms with E-state index in [-0.39, 0.29) is 11.3 Å². The monoisotopic (exact) mass is 278 g/mol. The van der Waals surface area contributed by atoms with E-state index in [1.807, 2.05) is 12.3 Å². The summed E-state index contributed by atoms with van der Waals surface area (Å²) in [5.74, 6) is -1.27. The number of nitrogens with one attached hydrogen (secondary N) is 1. The van der Waals surface area contributed by atoms with E-state index in [4.69, 9.17) is 5.73 Å². The maximum atomic E-state index is 13.6. The van der Waals surface area contributed by atoms with E-state index in [1.54, 1.807) is 10.9 Å². The summed E-state index contributed by atoms with van der Waals surface area (Å²) >= 11 is 0. The van der Waals surface area contributed by atoms with Crippen molar-refractivity contribution in [3.63, 3.8) is 0 Å². The third-order valence-corrected chi connectivity index (χ3v) is 2.77. The average Bonchev–Trinajstić information content (AvgIpc) is 2.95. The molecule has 0 radical (unpaired) electrons. The number of anilines is 2. The summed E-state index contributed by atoms with van der Waals surface area (Å²) in [6.45, 7) is 1.09. The third-order valence-electron chi connectivity index (χ3n) is 2.77. The number of methoxy groups -OCH3 is 1.